The first-order valence-electron chi connectivity index (χ1n) is 6.49. The number of para-hydroxylation sites is 1. The molecule has 0 aliphatic heterocycles. The maximum Gasteiger partial charge on any atom is 0.183 e. The van der Waals surface area contributed by atoms with Gasteiger partial charge in [0.05, 0.1) is 5.69 Å². The standard InChI is InChI=1S/C14H18N4O2/c1-11(19)13-14(15-9-6-10-20-2)18(17-16-13)12-7-4-3-5-8-12/h3-5,7-8,15H,6,9-10H2,1-2H3. The first kappa shape index (κ1) is 14.2. The normalized spacial score (nSPS) is 10.5. The highest BCUT2D eigenvalue weighted by Crippen LogP contribution is 2.18. The molecular formula is C14H18N4O2. The lowest BCUT2D eigenvalue weighted by atomic mass is 10.3. The van der Waals surface area contributed by atoms with Crippen LogP contribution in [0.2, 0.25) is 0 Å². The lowest BCUT2D eigenvalue weighted by Gasteiger charge is -2.09. The highest BCUT2D eigenvalue weighted by Gasteiger charge is 2.17. The Hall–Kier alpha value is -2.21. The Bertz CT molecular complexity index is 566. The zero-order valence-corrected chi connectivity index (χ0v) is 11.7. The number of anilines is 1. The Morgan fingerprint density at radius 3 is 2.75 bits per heavy atom. The predicted molar refractivity (Wildman–Crippen MR) is 76.3 cm³/mol. The van der Waals surface area contributed by atoms with Crippen LogP contribution in [0.15, 0.2) is 30.3 Å². The fraction of sp³-hybridized carbons (Fsp3) is 0.357. The summed E-state index contributed by atoms with van der Waals surface area (Å²) in [6.45, 7) is 2.84. The minimum absolute atomic E-state index is 0.110. The Labute approximate surface area is 117 Å². The van der Waals surface area contributed by atoms with Crippen LogP contribution < -0.4 is 5.32 Å². The van der Waals surface area contributed by atoms with Gasteiger partial charge in [0.15, 0.2) is 17.3 Å². The van der Waals surface area contributed by atoms with Crippen molar-refractivity contribution < 1.29 is 9.53 Å². The highest BCUT2D eigenvalue weighted by molar-refractivity contribution is 5.96. The number of carbonyl (C=O) groups excluding carboxylic acids is 1. The maximum absolute atomic E-state index is 11.6. The molecule has 0 fully saturated rings. The molecule has 0 spiro atoms. The largest absolute Gasteiger partial charge is 0.385 e. The minimum atomic E-state index is -0.110. The van der Waals surface area contributed by atoms with Crippen LogP contribution in [0, 0.1) is 0 Å². The summed E-state index contributed by atoms with van der Waals surface area (Å²) in [5.74, 6) is 0.515. The number of ether oxygens (including phenoxy) is 1. The van der Waals surface area contributed by atoms with Crippen molar-refractivity contribution in [2.75, 3.05) is 25.6 Å². The number of rotatable bonds is 7. The van der Waals surface area contributed by atoms with Crippen molar-refractivity contribution in [2.45, 2.75) is 13.3 Å². The van der Waals surface area contributed by atoms with Crippen molar-refractivity contribution in [1.82, 2.24) is 15.0 Å². The first-order chi connectivity index (χ1) is 9.74. The molecule has 0 unspecified atom stereocenters. The van der Waals surface area contributed by atoms with Gasteiger partial charge in [0.25, 0.3) is 0 Å². The number of methoxy groups -OCH3 is 1. The van der Waals surface area contributed by atoms with Gasteiger partial charge in [0.2, 0.25) is 0 Å². The van der Waals surface area contributed by atoms with Crippen LogP contribution >= 0.6 is 0 Å². The number of hydrogen-bond donors (Lipinski definition) is 1. The van der Waals surface area contributed by atoms with Gasteiger partial charge in [-0.15, -0.1) is 5.10 Å². The molecule has 0 bridgehead atoms. The fourth-order valence-corrected chi connectivity index (χ4v) is 1.85. The molecule has 6 nitrogen and oxygen atoms in total. The molecule has 1 aromatic heterocycles. The molecule has 0 saturated heterocycles. The van der Waals surface area contributed by atoms with Crippen LogP contribution in [0.25, 0.3) is 5.69 Å². The van der Waals surface area contributed by atoms with E-state index in [1.807, 2.05) is 30.3 Å². The second-order valence-corrected chi connectivity index (χ2v) is 4.36. The maximum atomic E-state index is 11.6. The van der Waals surface area contributed by atoms with Crippen LogP contribution in [0.4, 0.5) is 5.82 Å². The number of ketones is 1. The van der Waals surface area contributed by atoms with Crippen molar-refractivity contribution in [1.29, 1.82) is 0 Å². The van der Waals surface area contributed by atoms with Crippen LogP contribution in [-0.4, -0.2) is 41.0 Å². The van der Waals surface area contributed by atoms with Gasteiger partial charge < -0.3 is 10.1 Å². The summed E-state index contributed by atoms with van der Waals surface area (Å²) in [7, 11) is 1.66. The van der Waals surface area contributed by atoms with Crippen LogP contribution in [0.3, 0.4) is 0 Å². The number of nitrogens with one attached hydrogen (secondary N) is 1. The van der Waals surface area contributed by atoms with E-state index in [-0.39, 0.29) is 5.78 Å². The Morgan fingerprint density at radius 2 is 2.10 bits per heavy atom. The molecule has 106 valence electrons. The van der Waals surface area contributed by atoms with Gasteiger partial charge in [0, 0.05) is 27.2 Å². The van der Waals surface area contributed by atoms with Crippen LogP contribution in [0.5, 0.6) is 0 Å². The predicted octanol–water partition coefficient (Wildman–Crippen LogP) is 1.92. The highest BCUT2D eigenvalue weighted by atomic mass is 16.5. The topological polar surface area (TPSA) is 69.0 Å². The summed E-state index contributed by atoms with van der Waals surface area (Å²) in [6.07, 6.45) is 0.841. The number of benzene rings is 1. The van der Waals surface area contributed by atoms with E-state index in [4.69, 9.17) is 4.74 Å². The first-order valence-corrected chi connectivity index (χ1v) is 6.49. The van der Waals surface area contributed by atoms with Crippen molar-refractivity contribution in [2.24, 2.45) is 0 Å². The third kappa shape index (κ3) is 3.21. The van der Waals surface area contributed by atoms with Gasteiger partial charge >= 0.3 is 0 Å². The zero-order chi connectivity index (χ0) is 14.4. The number of carbonyl (C=O) groups is 1. The third-order valence-electron chi connectivity index (χ3n) is 2.82. The average molecular weight is 274 g/mol. The molecule has 0 amide bonds. The number of Topliss-reactive ketones (excluding diaryl/α,β-unsaturated/α-hetero) is 1. The summed E-state index contributed by atoms with van der Waals surface area (Å²) in [6, 6.07) is 9.59. The third-order valence-corrected chi connectivity index (χ3v) is 2.82. The lowest BCUT2D eigenvalue weighted by molar-refractivity contribution is 0.101. The summed E-state index contributed by atoms with van der Waals surface area (Å²) >= 11 is 0. The Balaban J connectivity index is 2.26. The van der Waals surface area contributed by atoms with Gasteiger partial charge in [-0.25, -0.2) is 0 Å². The van der Waals surface area contributed by atoms with E-state index >= 15 is 0 Å². The molecule has 2 aromatic rings. The SMILES string of the molecule is COCCCNc1c(C(C)=O)nnn1-c1ccccc1. The lowest BCUT2D eigenvalue weighted by Crippen LogP contribution is -2.11. The molecule has 1 aromatic carbocycles. The average Bonchev–Trinajstić information content (AvgIpc) is 2.88. The monoisotopic (exact) mass is 274 g/mol. The summed E-state index contributed by atoms with van der Waals surface area (Å²) in [4.78, 5) is 11.6. The van der Waals surface area contributed by atoms with Crippen molar-refractivity contribution in [3.05, 3.63) is 36.0 Å². The van der Waals surface area contributed by atoms with Gasteiger partial charge in [-0.05, 0) is 18.6 Å². The van der Waals surface area contributed by atoms with Gasteiger partial charge in [-0.1, -0.05) is 23.4 Å². The molecule has 0 radical (unpaired) electrons. The molecule has 0 aliphatic rings. The molecule has 0 aliphatic carbocycles. The molecule has 2 rings (SSSR count). The second kappa shape index (κ2) is 6.81. The molecule has 0 atom stereocenters. The molecular weight excluding hydrogens is 256 g/mol. The molecule has 1 heterocycles. The summed E-state index contributed by atoms with van der Waals surface area (Å²) in [5.41, 5.74) is 1.22. The van der Waals surface area contributed by atoms with Crippen LogP contribution in [0.1, 0.15) is 23.8 Å². The van der Waals surface area contributed by atoms with Crippen molar-refractivity contribution in [3.8, 4) is 5.69 Å². The van der Waals surface area contributed by atoms with Crippen LogP contribution in [-0.2, 0) is 4.74 Å². The quantitative estimate of drug-likeness (QED) is 0.617. The second-order valence-electron chi connectivity index (χ2n) is 4.36. The van der Waals surface area contributed by atoms with Crippen molar-refractivity contribution in [3.63, 3.8) is 0 Å². The van der Waals surface area contributed by atoms with Gasteiger partial charge in [0.1, 0.15) is 0 Å². The minimum Gasteiger partial charge on any atom is -0.385 e. The summed E-state index contributed by atoms with van der Waals surface area (Å²) < 4.78 is 6.65. The smallest absolute Gasteiger partial charge is 0.183 e. The van der Waals surface area contributed by atoms with E-state index in [2.05, 4.69) is 15.6 Å². The van der Waals surface area contributed by atoms with Crippen molar-refractivity contribution >= 4 is 11.6 Å². The summed E-state index contributed by atoms with van der Waals surface area (Å²) in [5, 5.41) is 11.2. The number of aromatic nitrogens is 3. The van der Waals surface area contributed by atoms with Gasteiger partial charge in [-0.3, -0.25) is 4.79 Å². The van der Waals surface area contributed by atoms with E-state index in [9.17, 15) is 4.79 Å². The Kier molecular flexibility index (Phi) is 4.84. The fourth-order valence-electron chi connectivity index (χ4n) is 1.85. The molecule has 6 heteroatoms. The van der Waals surface area contributed by atoms with Gasteiger partial charge in [-0.2, -0.15) is 4.68 Å². The van der Waals surface area contributed by atoms with E-state index in [0.29, 0.717) is 24.7 Å². The van der Waals surface area contributed by atoms with E-state index < -0.39 is 0 Å². The molecule has 1 N–H and O–H groups in total. The van der Waals surface area contributed by atoms with E-state index in [0.717, 1.165) is 12.1 Å². The molecule has 0 saturated carbocycles. The molecule has 20 heavy (non-hydrogen) atoms. The number of hydrogen-bond acceptors (Lipinski definition) is 5. The Morgan fingerprint density at radius 1 is 1.35 bits per heavy atom. The van der Waals surface area contributed by atoms with E-state index in [1.165, 1.54) is 6.92 Å². The zero-order valence-electron chi connectivity index (χ0n) is 11.7. The van der Waals surface area contributed by atoms with E-state index in [1.54, 1.807) is 11.8 Å². The number of nitrogens with zero attached hydrogens (tertiary/aromatic N) is 3.